The van der Waals surface area contributed by atoms with Crippen molar-refractivity contribution in [2.45, 2.75) is 18.4 Å². The van der Waals surface area contributed by atoms with Gasteiger partial charge in [-0.1, -0.05) is 29.8 Å². The molecule has 0 aliphatic heterocycles. The number of nitrogens with zero attached hydrogens (tertiary/aromatic N) is 1. The average molecular weight is 385 g/mol. The normalized spacial score (nSPS) is 11.2. The van der Waals surface area contributed by atoms with Crippen LogP contribution >= 0.6 is 0 Å². The summed E-state index contributed by atoms with van der Waals surface area (Å²) < 4.78 is 46.2. The molecule has 0 saturated heterocycles. The van der Waals surface area contributed by atoms with E-state index in [4.69, 9.17) is 4.74 Å². The van der Waals surface area contributed by atoms with Gasteiger partial charge in [-0.05, 0) is 61.0 Å². The summed E-state index contributed by atoms with van der Waals surface area (Å²) in [4.78, 5) is 0.0341. The highest BCUT2D eigenvalue weighted by molar-refractivity contribution is 7.92. The second kappa shape index (κ2) is 7.80. The van der Waals surface area contributed by atoms with Gasteiger partial charge < -0.3 is 4.74 Å². The number of benzene rings is 3. The molecule has 0 spiro atoms. The van der Waals surface area contributed by atoms with Crippen molar-refractivity contribution in [2.75, 3.05) is 11.4 Å². The Morgan fingerprint density at radius 2 is 1.48 bits per heavy atom. The average Bonchev–Trinajstić information content (AvgIpc) is 2.68. The molecule has 27 heavy (non-hydrogen) atoms. The van der Waals surface area contributed by atoms with Crippen LogP contribution in [0.15, 0.2) is 77.7 Å². The minimum atomic E-state index is -3.87. The van der Waals surface area contributed by atoms with E-state index in [1.165, 1.54) is 16.4 Å². The van der Waals surface area contributed by atoms with E-state index in [0.717, 1.165) is 23.3 Å². The third-order valence-electron chi connectivity index (χ3n) is 4.21. The molecule has 0 N–H and O–H groups in total. The van der Waals surface area contributed by atoms with Crippen molar-refractivity contribution in [1.29, 1.82) is 0 Å². The number of anilines is 1. The minimum Gasteiger partial charge on any atom is -0.497 e. The van der Waals surface area contributed by atoms with Gasteiger partial charge in [-0.3, -0.25) is 4.31 Å². The Bertz CT molecular complexity index is 999. The van der Waals surface area contributed by atoms with Crippen LogP contribution in [0.5, 0.6) is 5.75 Å². The zero-order chi connectivity index (χ0) is 19.4. The fourth-order valence-electron chi connectivity index (χ4n) is 2.66. The summed E-state index contributed by atoms with van der Waals surface area (Å²) >= 11 is 0. The van der Waals surface area contributed by atoms with Crippen LogP contribution in [-0.2, 0) is 16.6 Å². The number of methoxy groups -OCH3 is 1. The van der Waals surface area contributed by atoms with E-state index in [9.17, 15) is 12.8 Å². The number of rotatable bonds is 6. The molecule has 0 unspecified atom stereocenters. The summed E-state index contributed by atoms with van der Waals surface area (Å²) in [7, 11) is -2.32. The Hall–Kier alpha value is -2.86. The monoisotopic (exact) mass is 385 g/mol. The highest BCUT2D eigenvalue weighted by atomic mass is 32.2. The molecule has 0 bridgehead atoms. The summed E-state index contributed by atoms with van der Waals surface area (Å²) in [5, 5.41) is 0. The SMILES string of the molecule is COc1ccc(N(Cc2ccc(C)cc2)S(=O)(=O)c2ccc(F)cc2)cc1. The number of ether oxygens (including phenoxy) is 1. The number of hydrogen-bond donors (Lipinski definition) is 0. The number of sulfonamides is 1. The summed E-state index contributed by atoms with van der Waals surface area (Å²) in [5.41, 5.74) is 2.44. The van der Waals surface area contributed by atoms with Gasteiger partial charge in [-0.2, -0.15) is 0 Å². The van der Waals surface area contributed by atoms with Crippen molar-refractivity contribution in [3.8, 4) is 5.75 Å². The zero-order valence-corrected chi connectivity index (χ0v) is 15.9. The van der Waals surface area contributed by atoms with E-state index in [2.05, 4.69) is 0 Å². The highest BCUT2D eigenvalue weighted by Gasteiger charge is 2.25. The summed E-state index contributed by atoms with van der Waals surface area (Å²) in [6.45, 7) is 2.13. The van der Waals surface area contributed by atoms with Crippen LogP contribution < -0.4 is 9.04 Å². The van der Waals surface area contributed by atoms with Crippen molar-refractivity contribution in [1.82, 2.24) is 0 Å². The molecule has 0 radical (unpaired) electrons. The van der Waals surface area contributed by atoms with Gasteiger partial charge in [0.05, 0.1) is 24.2 Å². The number of hydrogen-bond acceptors (Lipinski definition) is 3. The molecule has 0 atom stereocenters. The van der Waals surface area contributed by atoms with Crippen molar-refractivity contribution in [2.24, 2.45) is 0 Å². The third kappa shape index (κ3) is 4.28. The topological polar surface area (TPSA) is 46.6 Å². The zero-order valence-electron chi connectivity index (χ0n) is 15.1. The first-order chi connectivity index (χ1) is 12.9. The van der Waals surface area contributed by atoms with Crippen LogP contribution in [-0.4, -0.2) is 15.5 Å². The van der Waals surface area contributed by atoms with E-state index in [1.54, 1.807) is 31.4 Å². The molecule has 4 nitrogen and oxygen atoms in total. The molecule has 3 aromatic rings. The lowest BCUT2D eigenvalue weighted by atomic mass is 10.1. The molecule has 0 aliphatic rings. The van der Waals surface area contributed by atoms with Crippen molar-refractivity contribution >= 4 is 15.7 Å². The second-order valence-electron chi connectivity index (χ2n) is 6.15. The van der Waals surface area contributed by atoms with Gasteiger partial charge in [0.1, 0.15) is 11.6 Å². The van der Waals surface area contributed by atoms with Crippen LogP contribution in [0.3, 0.4) is 0 Å². The van der Waals surface area contributed by atoms with Crippen molar-refractivity contribution in [3.63, 3.8) is 0 Å². The fraction of sp³-hybridized carbons (Fsp3) is 0.143. The Balaban J connectivity index is 2.04. The van der Waals surface area contributed by atoms with E-state index < -0.39 is 15.8 Å². The maximum Gasteiger partial charge on any atom is 0.264 e. The summed E-state index contributed by atoms with van der Waals surface area (Å²) in [5.74, 6) is 0.150. The molecule has 0 amide bonds. The van der Waals surface area contributed by atoms with E-state index in [-0.39, 0.29) is 11.4 Å². The molecule has 3 rings (SSSR count). The highest BCUT2D eigenvalue weighted by Crippen LogP contribution is 2.28. The van der Waals surface area contributed by atoms with E-state index >= 15 is 0 Å². The fourth-order valence-corrected chi connectivity index (χ4v) is 4.11. The predicted octanol–water partition coefficient (Wildman–Crippen LogP) is 4.54. The number of aryl methyl sites for hydroxylation is 1. The van der Waals surface area contributed by atoms with Gasteiger partial charge in [0, 0.05) is 0 Å². The van der Waals surface area contributed by atoms with Crippen LogP contribution in [0.2, 0.25) is 0 Å². The lowest BCUT2D eigenvalue weighted by Crippen LogP contribution is -2.30. The first-order valence-electron chi connectivity index (χ1n) is 8.38. The Kier molecular flexibility index (Phi) is 5.46. The lowest BCUT2D eigenvalue weighted by Gasteiger charge is -2.25. The van der Waals surface area contributed by atoms with Crippen LogP contribution in [0.4, 0.5) is 10.1 Å². The minimum absolute atomic E-state index is 0.0341. The lowest BCUT2D eigenvalue weighted by molar-refractivity contribution is 0.415. The van der Waals surface area contributed by atoms with Gasteiger partial charge in [0.25, 0.3) is 10.0 Å². The smallest absolute Gasteiger partial charge is 0.264 e. The van der Waals surface area contributed by atoms with Gasteiger partial charge in [-0.25, -0.2) is 12.8 Å². The van der Waals surface area contributed by atoms with Gasteiger partial charge in [0.2, 0.25) is 0 Å². The molecule has 6 heteroatoms. The standard InChI is InChI=1S/C21H20FNO3S/c1-16-3-5-17(6-4-16)15-23(19-9-11-20(26-2)12-10-19)27(24,25)21-13-7-18(22)8-14-21/h3-14H,15H2,1-2H3. The Morgan fingerprint density at radius 3 is 2.04 bits per heavy atom. The molecule has 0 fully saturated rings. The first-order valence-corrected chi connectivity index (χ1v) is 9.82. The second-order valence-corrected chi connectivity index (χ2v) is 8.01. The van der Waals surface area contributed by atoms with E-state index in [1.807, 2.05) is 31.2 Å². The van der Waals surface area contributed by atoms with Crippen molar-refractivity contribution < 1.29 is 17.5 Å². The number of halogens is 1. The van der Waals surface area contributed by atoms with Crippen molar-refractivity contribution in [3.05, 3.63) is 89.7 Å². The molecule has 0 saturated carbocycles. The Labute approximate surface area is 158 Å². The quantitative estimate of drug-likeness (QED) is 0.626. The maximum atomic E-state index is 13.2. The Morgan fingerprint density at radius 1 is 0.889 bits per heavy atom. The molecular weight excluding hydrogens is 365 g/mol. The molecule has 0 aromatic heterocycles. The van der Waals surface area contributed by atoms with Gasteiger partial charge in [0.15, 0.2) is 0 Å². The predicted molar refractivity (Wildman–Crippen MR) is 104 cm³/mol. The van der Waals surface area contributed by atoms with Crippen LogP contribution in [0.1, 0.15) is 11.1 Å². The largest absolute Gasteiger partial charge is 0.497 e. The maximum absolute atomic E-state index is 13.2. The summed E-state index contributed by atoms with van der Waals surface area (Å²) in [6.07, 6.45) is 0. The van der Waals surface area contributed by atoms with Crippen LogP contribution in [0.25, 0.3) is 0 Å². The molecule has 0 aliphatic carbocycles. The third-order valence-corrected chi connectivity index (χ3v) is 6.00. The van der Waals surface area contributed by atoms with Gasteiger partial charge in [-0.15, -0.1) is 0 Å². The first kappa shape index (κ1) is 18.9. The molecule has 0 heterocycles. The summed E-state index contributed by atoms with van der Waals surface area (Å²) in [6, 6.07) is 19.3. The van der Waals surface area contributed by atoms with Crippen LogP contribution in [0, 0.1) is 12.7 Å². The molecular formula is C21H20FNO3S. The van der Waals surface area contributed by atoms with E-state index in [0.29, 0.717) is 11.4 Å². The molecule has 3 aromatic carbocycles. The van der Waals surface area contributed by atoms with Gasteiger partial charge >= 0.3 is 0 Å². The molecule has 140 valence electrons.